The Bertz CT molecular complexity index is 981. The van der Waals surface area contributed by atoms with Gasteiger partial charge in [0.15, 0.2) is 0 Å². The van der Waals surface area contributed by atoms with E-state index >= 15 is 0 Å². The minimum atomic E-state index is -0.691. The van der Waals surface area contributed by atoms with Crippen LogP contribution in [0.5, 0.6) is 5.75 Å². The molecule has 2 amide bonds. The zero-order valence-corrected chi connectivity index (χ0v) is 16.9. The van der Waals surface area contributed by atoms with E-state index in [4.69, 9.17) is 9.73 Å². The third kappa shape index (κ3) is 3.92. The summed E-state index contributed by atoms with van der Waals surface area (Å²) in [5.41, 5.74) is 0.752. The first kappa shape index (κ1) is 20.1. The Morgan fingerprint density at radius 1 is 1.17 bits per heavy atom. The molecular formula is C23H24FN3O3. The van der Waals surface area contributed by atoms with E-state index in [1.165, 1.54) is 18.2 Å². The van der Waals surface area contributed by atoms with E-state index in [0.717, 1.165) is 32.1 Å². The maximum Gasteiger partial charge on any atom is 0.275 e. The standard InChI is InChI=1S/C23H24FN3O3/c1-30-19-10-8-16(9-11-19)21-22(29)27(23(26-21)12-3-2-4-13-23)15-20(28)25-18-7-5-6-17(24)14-18/h5-11,14H,2-4,12-13,15H2,1H3,(H,25,28). The lowest BCUT2D eigenvalue weighted by Crippen LogP contribution is -2.51. The highest BCUT2D eigenvalue weighted by atomic mass is 19.1. The highest BCUT2D eigenvalue weighted by Crippen LogP contribution is 2.39. The molecule has 1 N–H and O–H groups in total. The monoisotopic (exact) mass is 409 g/mol. The summed E-state index contributed by atoms with van der Waals surface area (Å²) in [4.78, 5) is 32.4. The number of hydrogen-bond acceptors (Lipinski definition) is 4. The minimum absolute atomic E-state index is 0.126. The number of carbonyl (C=O) groups excluding carboxylic acids is 2. The quantitative estimate of drug-likeness (QED) is 0.817. The molecule has 2 aliphatic rings. The van der Waals surface area contributed by atoms with Gasteiger partial charge in [0.25, 0.3) is 5.91 Å². The van der Waals surface area contributed by atoms with Crippen molar-refractivity contribution in [3.63, 3.8) is 0 Å². The average molecular weight is 409 g/mol. The second-order valence-corrected chi connectivity index (χ2v) is 7.68. The summed E-state index contributed by atoms with van der Waals surface area (Å²) in [6, 6.07) is 12.9. The Labute approximate surface area is 174 Å². The van der Waals surface area contributed by atoms with Gasteiger partial charge in [-0.1, -0.05) is 12.5 Å². The number of ether oxygens (including phenoxy) is 1. The molecule has 1 fully saturated rings. The molecular weight excluding hydrogens is 385 g/mol. The Morgan fingerprint density at radius 2 is 1.90 bits per heavy atom. The SMILES string of the molecule is COc1ccc(C2=NC3(CCCCC3)N(CC(=O)Nc3cccc(F)c3)C2=O)cc1. The molecule has 0 saturated heterocycles. The van der Waals surface area contributed by atoms with Crippen LogP contribution in [0.25, 0.3) is 0 Å². The van der Waals surface area contributed by atoms with Crippen molar-refractivity contribution in [2.75, 3.05) is 19.0 Å². The summed E-state index contributed by atoms with van der Waals surface area (Å²) < 4.78 is 18.6. The third-order valence-corrected chi connectivity index (χ3v) is 5.70. The van der Waals surface area contributed by atoms with Gasteiger partial charge >= 0.3 is 0 Å². The molecule has 1 heterocycles. The summed E-state index contributed by atoms with van der Waals surface area (Å²) in [5.74, 6) is -0.357. The number of halogens is 1. The van der Waals surface area contributed by atoms with Crippen LogP contribution < -0.4 is 10.1 Å². The first-order valence-corrected chi connectivity index (χ1v) is 10.1. The number of amides is 2. The molecule has 1 aliphatic heterocycles. The topological polar surface area (TPSA) is 71.0 Å². The fraction of sp³-hybridized carbons (Fsp3) is 0.348. The van der Waals surface area contributed by atoms with Crippen LogP contribution in [0.3, 0.4) is 0 Å². The first-order chi connectivity index (χ1) is 14.5. The number of aliphatic imine (C=N–C) groups is 1. The van der Waals surface area contributed by atoms with E-state index in [0.29, 0.717) is 22.7 Å². The van der Waals surface area contributed by atoms with Crippen molar-refractivity contribution in [1.29, 1.82) is 0 Å². The van der Waals surface area contributed by atoms with Gasteiger partial charge in [-0.3, -0.25) is 14.6 Å². The van der Waals surface area contributed by atoms with Crippen molar-refractivity contribution in [1.82, 2.24) is 4.90 Å². The van der Waals surface area contributed by atoms with Crippen LogP contribution in [-0.2, 0) is 9.59 Å². The van der Waals surface area contributed by atoms with Gasteiger partial charge in [0.2, 0.25) is 5.91 Å². The predicted octanol–water partition coefficient (Wildman–Crippen LogP) is 3.76. The van der Waals surface area contributed by atoms with Crippen molar-refractivity contribution in [3.8, 4) is 5.75 Å². The fourth-order valence-corrected chi connectivity index (χ4v) is 4.20. The average Bonchev–Trinajstić information content (AvgIpc) is 3.00. The molecule has 0 atom stereocenters. The lowest BCUT2D eigenvalue weighted by atomic mass is 9.88. The van der Waals surface area contributed by atoms with Crippen LogP contribution in [0.4, 0.5) is 10.1 Å². The van der Waals surface area contributed by atoms with Gasteiger partial charge in [0.1, 0.15) is 29.5 Å². The number of benzene rings is 2. The highest BCUT2D eigenvalue weighted by Gasteiger charge is 2.48. The van der Waals surface area contributed by atoms with E-state index in [1.807, 2.05) is 12.1 Å². The van der Waals surface area contributed by atoms with Gasteiger partial charge in [-0.25, -0.2) is 4.39 Å². The summed E-state index contributed by atoms with van der Waals surface area (Å²) in [5, 5.41) is 2.68. The van der Waals surface area contributed by atoms with Crippen LogP contribution in [0.15, 0.2) is 53.5 Å². The van der Waals surface area contributed by atoms with Crippen molar-refractivity contribution >= 4 is 23.2 Å². The van der Waals surface area contributed by atoms with Gasteiger partial charge in [0, 0.05) is 11.3 Å². The molecule has 1 spiro atoms. The van der Waals surface area contributed by atoms with Crippen LogP contribution in [0, 0.1) is 5.82 Å². The predicted molar refractivity (Wildman–Crippen MR) is 112 cm³/mol. The number of methoxy groups -OCH3 is 1. The molecule has 7 heteroatoms. The highest BCUT2D eigenvalue weighted by molar-refractivity contribution is 6.47. The number of nitrogens with zero attached hydrogens (tertiary/aromatic N) is 2. The Kier molecular flexibility index (Phi) is 5.53. The van der Waals surface area contributed by atoms with Crippen LogP contribution in [-0.4, -0.2) is 41.7 Å². The number of hydrogen-bond donors (Lipinski definition) is 1. The van der Waals surface area contributed by atoms with E-state index < -0.39 is 11.5 Å². The number of rotatable bonds is 5. The zero-order chi connectivity index (χ0) is 21.1. The summed E-state index contributed by atoms with van der Waals surface area (Å²) in [6.45, 7) is -0.126. The van der Waals surface area contributed by atoms with Crippen LogP contribution >= 0.6 is 0 Å². The molecule has 0 aromatic heterocycles. The van der Waals surface area contributed by atoms with E-state index in [-0.39, 0.29) is 18.4 Å². The smallest absolute Gasteiger partial charge is 0.275 e. The molecule has 0 bridgehead atoms. The molecule has 30 heavy (non-hydrogen) atoms. The Morgan fingerprint density at radius 3 is 2.57 bits per heavy atom. The first-order valence-electron chi connectivity index (χ1n) is 10.1. The molecule has 1 saturated carbocycles. The third-order valence-electron chi connectivity index (χ3n) is 5.70. The summed E-state index contributed by atoms with van der Waals surface area (Å²) in [6.07, 6.45) is 4.45. The molecule has 0 unspecified atom stereocenters. The largest absolute Gasteiger partial charge is 0.497 e. The molecule has 1 aliphatic carbocycles. The molecule has 6 nitrogen and oxygen atoms in total. The van der Waals surface area contributed by atoms with Crippen molar-refractivity contribution in [2.24, 2.45) is 4.99 Å². The van der Waals surface area contributed by atoms with Gasteiger partial charge in [-0.15, -0.1) is 0 Å². The lowest BCUT2D eigenvalue weighted by Gasteiger charge is -2.38. The lowest BCUT2D eigenvalue weighted by molar-refractivity contribution is -0.134. The molecule has 2 aromatic carbocycles. The summed E-state index contributed by atoms with van der Waals surface area (Å²) >= 11 is 0. The van der Waals surface area contributed by atoms with Crippen LogP contribution in [0.2, 0.25) is 0 Å². The zero-order valence-electron chi connectivity index (χ0n) is 16.9. The fourth-order valence-electron chi connectivity index (χ4n) is 4.20. The molecule has 4 rings (SSSR count). The van der Waals surface area contributed by atoms with Crippen molar-refractivity contribution in [3.05, 3.63) is 59.9 Å². The Balaban J connectivity index is 1.58. The minimum Gasteiger partial charge on any atom is -0.497 e. The summed E-state index contributed by atoms with van der Waals surface area (Å²) in [7, 11) is 1.59. The maximum absolute atomic E-state index is 13.4. The van der Waals surface area contributed by atoms with Crippen molar-refractivity contribution < 1.29 is 18.7 Å². The van der Waals surface area contributed by atoms with E-state index in [9.17, 15) is 14.0 Å². The van der Waals surface area contributed by atoms with Gasteiger partial charge in [0.05, 0.1) is 7.11 Å². The number of nitrogens with one attached hydrogen (secondary N) is 1. The van der Waals surface area contributed by atoms with E-state index in [1.54, 1.807) is 30.2 Å². The second kappa shape index (κ2) is 8.26. The molecule has 156 valence electrons. The van der Waals surface area contributed by atoms with Gasteiger partial charge < -0.3 is 15.0 Å². The van der Waals surface area contributed by atoms with Gasteiger partial charge in [-0.2, -0.15) is 0 Å². The van der Waals surface area contributed by atoms with Gasteiger partial charge in [-0.05, 0) is 68.1 Å². The van der Waals surface area contributed by atoms with E-state index in [2.05, 4.69) is 5.32 Å². The van der Waals surface area contributed by atoms with Crippen molar-refractivity contribution in [2.45, 2.75) is 37.8 Å². The second-order valence-electron chi connectivity index (χ2n) is 7.68. The number of carbonyl (C=O) groups is 2. The Hall–Kier alpha value is -3.22. The van der Waals surface area contributed by atoms with Crippen LogP contribution in [0.1, 0.15) is 37.7 Å². The number of anilines is 1. The maximum atomic E-state index is 13.4. The molecule has 0 radical (unpaired) electrons. The normalized spacial score (nSPS) is 17.7. The molecule has 2 aromatic rings.